The Bertz CT molecular complexity index is 394. The first-order valence-corrected chi connectivity index (χ1v) is 4.95. The molecule has 1 aromatic rings. The Kier molecular flexibility index (Phi) is 3.35. The van der Waals surface area contributed by atoms with Gasteiger partial charge in [-0.1, -0.05) is 0 Å². The van der Waals surface area contributed by atoms with Crippen LogP contribution in [0.15, 0.2) is 6.07 Å². The highest BCUT2D eigenvalue weighted by Crippen LogP contribution is 2.27. The Balaban J connectivity index is 3.37. The van der Waals surface area contributed by atoms with Gasteiger partial charge in [0.25, 0.3) is 0 Å². The highest BCUT2D eigenvalue weighted by Gasteiger charge is 2.15. The second kappa shape index (κ2) is 4.34. The first kappa shape index (κ1) is 11.6. The second-order valence-corrected chi connectivity index (χ2v) is 3.55. The molecule has 0 saturated heterocycles. The fourth-order valence-corrected chi connectivity index (χ4v) is 1.68. The molecule has 1 aromatic carbocycles. The van der Waals surface area contributed by atoms with Crippen molar-refractivity contribution in [3.63, 3.8) is 0 Å². The van der Waals surface area contributed by atoms with E-state index in [-0.39, 0.29) is 0 Å². The molecule has 0 aliphatic carbocycles. The first-order chi connectivity index (χ1) is 6.99. The van der Waals surface area contributed by atoms with Crippen molar-refractivity contribution in [1.82, 2.24) is 0 Å². The number of carboxylic acid groups (broad SMARTS) is 1. The van der Waals surface area contributed by atoms with E-state index < -0.39 is 5.97 Å². The monoisotopic (exact) mass is 208 g/mol. The van der Waals surface area contributed by atoms with Gasteiger partial charge in [0.2, 0.25) is 0 Å². The minimum absolute atomic E-state index is 0.385. The summed E-state index contributed by atoms with van der Waals surface area (Å²) in [4.78, 5) is 11.0. The van der Waals surface area contributed by atoms with Gasteiger partial charge in [-0.05, 0) is 50.5 Å². The average Bonchev–Trinajstić information content (AvgIpc) is 2.13. The van der Waals surface area contributed by atoms with Crippen LogP contribution < -0.4 is 4.74 Å². The molecule has 0 fully saturated rings. The lowest BCUT2D eigenvalue weighted by Crippen LogP contribution is -2.06. The molecule has 0 aromatic heterocycles. The molecular weight excluding hydrogens is 192 g/mol. The zero-order valence-corrected chi connectivity index (χ0v) is 9.55. The molecule has 0 aliphatic rings. The van der Waals surface area contributed by atoms with E-state index in [0.717, 1.165) is 22.4 Å². The number of aromatic carboxylic acids is 1. The molecule has 0 saturated carbocycles. The molecule has 0 unspecified atom stereocenters. The van der Waals surface area contributed by atoms with Gasteiger partial charge in [0.15, 0.2) is 0 Å². The number of carboxylic acids is 1. The summed E-state index contributed by atoms with van der Waals surface area (Å²) in [7, 11) is 0. The van der Waals surface area contributed by atoms with E-state index in [9.17, 15) is 4.79 Å². The first-order valence-electron chi connectivity index (χ1n) is 4.95. The zero-order valence-electron chi connectivity index (χ0n) is 9.55. The lowest BCUT2D eigenvalue weighted by molar-refractivity contribution is 0.0695. The molecule has 1 rings (SSSR count). The summed E-state index contributed by atoms with van der Waals surface area (Å²) >= 11 is 0. The molecule has 0 aliphatic heterocycles. The minimum Gasteiger partial charge on any atom is -0.494 e. The molecule has 82 valence electrons. The standard InChI is InChI=1S/C12H16O3/c1-5-15-10-6-7(2)11(12(13)14)9(4)8(10)3/h6H,5H2,1-4H3,(H,13,14). The van der Waals surface area contributed by atoms with Gasteiger partial charge in [0.1, 0.15) is 5.75 Å². The molecule has 0 radical (unpaired) electrons. The number of benzene rings is 1. The fourth-order valence-electron chi connectivity index (χ4n) is 1.68. The van der Waals surface area contributed by atoms with Crippen molar-refractivity contribution < 1.29 is 14.6 Å². The lowest BCUT2D eigenvalue weighted by Gasteiger charge is -2.14. The predicted molar refractivity (Wildman–Crippen MR) is 58.8 cm³/mol. The Morgan fingerprint density at radius 3 is 2.40 bits per heavy atom. The van der Waals surface area contributed by atoms with E-state index >= 15 is 0 Å². The largest absolute Gasteiger partial charge is 0.494 e. The third-order valence-corrected chi connectivity index (χ3v) is 2.56. The second-order valence-electron chi connectivity index (χ2n) is 3.55. The predicted octanol–water partition coefficient (Wildman–Crippen LogP) is 2.71. The van der Waals surface area contributed by atoms with E-state index in [1.807, 2.05) is 20.8 Å². The van der Waals surface area contributed by atoms with Crippen LogP contribution in [0.5, 0.6) is 5.75 Å². The van der Waals surface area contributed by atoms with Crippen LogP contribution >= 0.6 is 0 Å². The normalized spacial score (nSPS) is 10.1. The van der Waals surface area contributed by atoms with Crippen LogP contribution in [-0.2, 0) is 0 Å². The highest BCUT2D eigenvalue weighted by atomic mass is 16.5. The molecule has 0 bridgehead atoms. The number of hydrogen-bond donors (Lipinski definition) is 1. The molecule has 0 atom stereocenters. The van der Waals surface area contributed by atoms with Crippen LogP contribution in [-0.4, -0.2) is 17.7 Å². The molecule has 0 heterocycles. The maximum Gasteiger partial charge on any atom is 0.336 e. The summed E-state index contributed by atoms with van der Waals surface area (Å²) in [6, 6.07) is 1.79. The smallest absolute Gasteiger partial charge is 0.336 e. The molecule has 0 spiro atoms. The van der Waals surface area contributed by atoms with E-state index in [1.54, 1.807) is 13.0 Å². The minimum atomic E-state index is -0.879. The molecule has 1 N–H and O–H groups in total. The third-order valence-electron chi connectivity index (χ3n) is 2.56. The van der Waals surface area contributed by atoms with Gasteiger partial charge < -0.3 is 9.84 Å². The Hall–Kier alpha value is -1.51. The zero-order chi connectivity index (χ0) is 11.6. The van der Waals surface area contributed by atoms with Crippen molar-refractivity contribution in [1.29, 1.82) is 0 Å². The van der Waals surface area contributed by atoms with Gasteiger partial charge >= 0.3 is 5.97 Å². The number of aryl methyl sites for hydroxylation is 1. The average molecular weight is 208 g/mol. The fraction of sp³-hybridized carbons (Fsp3) is 0.417. The quantitative estimate of drug-likeness (QED) is 0.830. The SMILES string of the molecule is CCOc1cc(C)c(C(=O)O)c(C)c1C. The van der Waals surface area contributed by atoms with Crippen molar-refractivity contribution in [3.05, 3.63) is 28.3 Å². The Labute approximate surface area is 89.7 Å². The highest BCUT2D eigenvalue weighted by molar-refractivity contribution is 5.91. The van der Waals surface area contributed by atoms with Gasteiger partial charge in [0, 0.05) is 0 Å². The lowest BCUT2D eigenvalue weighted by atomic mass is 9.97. The molecule has 3 nitrogen and oxygen atoms in total. The van der Waals surface area contributed by atoms with Crippen LogP contribution in [0.2, 0.25) is 0 Å². The van der Waals surface area contributed by atoms with E-state index in [2.05, 4.69) is 0 Å². The van der Waals surface area contributed by atoms with Crippen LogP contribution in [0.3, 0.4) is 0 Å². The van der Waals surface area contributed by atoms with Gasteiger partial charge in [0.05, 0.1) is 12.2 Å². The molecule has 15 heavy (non-hydrogen) atoms. The third kappa shape index (κ3) is 2.12. The van der Waals surface area contributed by atoms with Crippen molar-refractivity contribution in [2.45, 2.75) is 27.7 Å². The van der Waals surface area contributed by atoms with Crippen LogP contribution in [0.4, 0.5) is 0 Å². The molecule has 3 heteroatoms. The van der Waals surface area contributed by atoms with Crippen LogP contribution in [0.1, 0.15) is 34.0 Å². The molecule has 0 amide bonds. The number of carbonyl (C=O) groups is 1. The number of hydrogen-bond acceptors (Lipinski definition) is 2. The Morgan fingerprint density at radius 1 is 1.33 bits per heavy atom. The summed E-state index contributed by atoms with van der Waals surface area (Å²) in [5.41, 5.74) is 2.82. The van der Waals surface area contributed by atoms with Gasteiger partial charge in [-0.2, -0.15) is 0 Å². The summed E-state index contributed by atoms with van der Waals surface area (Å²) in [5.74, 6) is -0.103. The maximum absolute atomic E-state index is 11.0. The summed E-state index contributed by atoms with van der Waals surface area (Å²) in [6.07, 6.45) is 0. The summed E-state index contributed by atoms with van der Waals surface area (Å²) in [5, 5.41) is 9.05. The van der Waals surface area contributed by atoms with Crippen molar-refractivity contribution in [3.8, 4) is 5.75 Å². The topological polar surface area (TPSA) is 46.5 Å². The van der Waals surface area contributed by atoms with Gasteiger partial charge in [-0.25, -0.2) is 4.79 Å². The van der Waals surface area contributed by atoms with Crippen LogP contribution in [0.25, 0.3) is 0 Å². The molecular formula is C12H16O3. The number of ether oxygens (including phenoxy) is 1. The van der Waals surface area contributed by atoms with Crippen molar-refractivity contribution >= 4 is 5.97 Å². The van der Waals surface area contributed by atoms with Gasteiger partial charge in [-0.15, -0.1) is 0 Å². The van der Waals surface area contributed by atoms with Crippen LogP contribution in [0, 0.1) is 20.8 Å². The Morgan fingerprint density at radius 2 is 1.93 bits per heavy atom. The van der Waals surface area contributed by atoms with E-state index in [4.69, 9.17) is 9.84 Å². The van der Waals surface area contributed by atoms with Crippen molar-refractivity contribution in [2.75, 3.05) is 6.61 Å². The summed E-state index contributed by atoms with van der Waals surface area (Å²) < 4.78 is 5.44. The van der Waals surface area contributed by atoms with E-state index in [1.165, 1.54) is 0 Å². The van der Waals surface area contributed by atoms with Crippen molar-refractivity contribution in [2.24, 2.45) is 0 Å². The maximum atomic E-state index is 11.0. The summed E-state index contributed by atoms with van der Waals surface area (Å²) in [6.45, 7) is 7.99. The van der Waals surface area contributed by atoms with E-state index in [0.29, 0.717) is 12.2 Å². The van der Waals surface area contributed by atoms with Gasteiger partial charge in [-0.3, -0.25) is 0 Å². The number of rotatable bonds is 3.